The average Bonchev–Trinajstić information content (AvgIpc) is 3.14. The molecule has 7 heteroatoms. The van der Waals surface area contributed by atoms with E-state index in [2.05, 4.69) is 5.32 Å². The highest BCUT2D eigenvalue weighted by Gasteiger charge is 2.35. The molecule has 30 heavy (non-hydrogen) atoms. The molecule has 0 bridgehead atoms. The van der Waals surface area contributed by atoms with Gasteiger partial charge >= 0.3 is 5.97 Å². The Bertz CT molecular complexity index is 906. The largest absolute Gasteiger partial charge is 0.497 e. The summed E-state index contributed by atoms with van der Waals surface area (Å²) >= 11 is 0. The molecule has 158 valence electrons. The molecule has 1 atom stereocenters. The van der Waals surface area contributed by atoms with Crippen molar-refractivity contribution >= 4 is 29.2 Å². The predicted octanol–water partition coefficient (Wildman–Crippen LogP) is 3.50. The van der Waals surface area contributed by atoms with Gasteiger partial charge in [0.25, 0.3) is 0 Å². The smallest absolute Gasteiger partial charge is 0.338 e. The first-order valence-electron chi connectivity index (χ1n) is 9.90. The van der Waals surface area contributed by atoms with Crippen LogP contribution in [0.3, 0.4) is 0 Å². The summed E-state index contributed by atoms with van der Waals surface area (Å²) in [6.07, 6.45) is 0.150. The first-order valence-corrected chi connectivity index (χ1v) is 9.90. The summed E-state index contributed by atoms with van der Waals surface area (Å²) in [7, 11) is 1.58. The molecular formula is C23H26N2O5. The lowest BCUT2D eigenvalue weighted by Gasteiger charge is -2.17. The monoisotopic (exact) mass is 410 g/mol. The van der Waals surface area contributed by atoms with Crippen molar-refractivity contribution in [1.82, 2.24) is 0 Å². The number of ether oxygens (including phenoxy) is 2. The van der Waals surface area contributed by atoms with Gasteiger partial charge in [-0.3, -0.25) is 9.59 Å². The van der Waals surface area contributed by atoms with E-state index in [-0.39, 0.29) is 24.2 Å². The van der Waals surface area contributed by atoms with Crippen LogP contribution in [0.1, 0.15) is 30.6 Å². The van der Waals surface area contributed by atoms with E-state index in [1.807, 2.05) is 13.8 Å². The SMILES string of the molecule is COc1ccc(N2CC(C(=O)Nc3ccc(C(=O)OCC(C)C)cc3)CC2=O)cc1. The van der Waals surface area contributed by atoms with Gasteiger partial charge in [-0.05, 0) is 54.4 Å². The lowest BCUT2D eigenvalue weighted by molar-refractivity contribution is -0.122. The van der Waals surface area contributed by atoms with Crippen molar-refractivity contribution in [3.63, 3.8) is 0 Å². The van der Waals surface area contributed by atoms with E-state index < -0.39 is 11.9 Å². The molecule has 2 aromatic carbocycles. The van der Waals surface area contributed by atoms with Gasteiger partial charge in [0.05, 0.1) is 25.2 Å². The van der Waals surface area contributed by atoms with E-state index in [1.165, 1.54) is 0 Å². The number of amides is 2. The Morgan fingerprint density at radius 1 is 1.10 bits per heavy atom. The maximum absolute atomic E-state index is 12.6. The Labute approximate surface area is 176 Å². The zero-order chi connectivity index (χ0) is 21.7. The van der Waals surface area contributed by atoms with E-state index in [0.717, 1.165) is 5.69 Å². The van der Waals surface area contributed by atoms with Crippen molar-refractivity contribution in [2.24, 2.45) is 11.8 Å². The fourth-order valence-corrected chi connectivity index (χ4v) is 3.15. The minimum atomic E-state index is -0.449. The van der Waals surface area contributed by atoms with Gasteiger partial charge < -0.3 is 19.7 Å². The van der Waals surface area contributed by atoms with Gasteiger partial charge in [0.15, 0.2) is 0 Å². The van der Waals surface area contributed by atoms with E-state index >= 15 is 0 Å². The van der Waals surface area contributed by atoms with Crippen molar-refractivity contribution in [3.8, 4) is 5.75 Å². The summed E-state index contributed by atoms with van der Waals surface area (Å²) in [4.78, 5) is 38.6. The maximum Gasteiger partial charge on any atom is 0.338 e. The molecule has 0 aromatic heterocycles. The third kappa shape index (κ3) is 5.17. The van der Waals surface area contributed by atoms with E-state index in [1.54, 1.807) is 60.5 Å². The van der Waals surface area contributed by atoms with Crippen molar-refractivity contribution < 1.29 is 23.9 Å². The number of anilines is 2. The number of carbonyl (C=O) groups excluding carboxylic acids is 3. The number of hydrogen-bond acceptors (Lipinski definition) is 5. The number of nitrogens with zero attached hydrogens (tertiary/aromatic N) is 1. The average molecular weight is 410 g/mol. The zero-order valence-electron chi connectivity index (χ0n) is 17.4. The van der Waals surface area contributed by atoms with Crippen LogP contribution in [-0.2, 0) is 14.3 Å². The minimum absolute atomic E-state index is 0.0939. The number of hydrogen-bond donors (Lipinski definition) is 1. The number of rotatable bonds is 7. The Kier molecular flexibility index (Phi) is 6.72. The second-order valence-corrected chi connectivity index (χ2v) is 7.66. The van der Waals surface area contributed by atoms with Crippen LogP contribution < -0.4 is 15.0 Å². The number of benzene rings is 2. The topological polar surface area (TPSA) is 84.9 Å². The Balaban J connectivity index is 1.58. The minimum Gasteiger partial charge on any atom is -0.497 e. The molecular weight excluding hydrogens is 384 g/mol. The lowest BCUT2D eigenvalue weighted by Crippen LogP contribution is -2.28. The van der Waals surface area contributed by atoms with Crippen molar-refractivity contribution in [3.05, 3.63) is 54.1 Å². The standard InChI is InChI=1S/C23H26N2O5/c1-15(2)14-30-23(28)16-4-6-18(7-5-16)24-22(27)17-12-21(26)25(13-17)19-8-10-20(29-3)11-9-19/h4-11,15,17H,12-14H2,1-3H3,(H,24,27). The van der Waals surface area contributed by atoms with Gasteiger partial charge in [-0.2, -0.15) is 0 Å². The van der Waals surface area contributed by atoms with Gasteiger partial charge in [0.2, 0.25) is 11.8 Å². The van der Waals surface area contributed by atoms with Gasteiger partial charge in [-0.15, -0.1) is 0 Å². The molecule has 7 nitrogen and oxygen atoms in total. The number of esters is 1. The Morgan fingerprint density at radius 3 is 2.37 bits per heavy atom. The quantitative estimate of drug-likeness (QED) is 0.706. The molecule has 1 fully saturated rings. The van der Waals surface area contributed by atoms with Crippen LogP contribution >= 0.6 is 0 Å². The van der Waals surface area contributed by atoms with Crippen LogP contribution in [0.15, 0.2) is 48.5 Å². The third-order valence-electron chi connectivity index (χ3n) is 4.82. The van der Waals surface area contributed by atoms with Crippen LogP contribution in [0.4, 0.5) is 11.4 Å². The van der Waals surface area contributed by atoms with Crippen LogP contribution in [0.5, 0.6) is 5.75 Å². The maximum atomic E-state index is 12.6. The fraction of sp³-hybridized carbons (Fsp3) is 0.348. The van der Waals surface area contributed by atoms with Gasteiger partial charge in [0.1, 0.15) is 5.75 Å². The number of carbonyl (C=O) groups is 3. The van der Waals surface area contributed by atoms with Crippen molar-refractivity contribution in [2.45, 2.75) is 20.3 Å². The highest BCUT2D eigenvalue weighted by atomic mass is 16.5. The molecule has 1 aliphatic rings. The second kappa shape index (κ2) is 9.43. The van der Waals surface area contributed by atoms with Crippen molar-refractivity contribution in [1.29, 1.82) is 0 Å². The molecule has 2 amide bonds. The van der Waals surface area contributed by atoms with Crippen molar-refractivity contribution in [2.75, 3.05) is 30.5 Å². The van der Waals surface area contributed by atoms with Crippen LogP contribution in [0.25, 0.3) is 0 Å². The summed E-state index contributed by atoms with van der Waals surface area (Å²) in [5.41, 5.74) is 1.73. The predicted molar refractivity (Wildman–Crippen MR) is 114 cm³/mol. The molecule has 1 N–H and O–H groups in total. The summed E-state index contributed by atoms with van der Waals surface area (Å²) in [6.45, 7) is 4.61. The zero-order valence-corrected chi connectivity index (χ0v) is 17.4. The Hall–Kier alpha value is -3.35. The molecule has 0 aliphatic carbocycles. The molecule has 0 radical (unpaired) electrons. The molecule has 1 heterocycles. The van der Waals surface area contributed by atoms with Crippen LogP contribution in [-0.4, -0.2) is 38.0 Å². The van der Waals surface area contributed by atoms with Crippen LogP contribution in [0, 0.1) is 11.8 Å². The highest BCUT2D eigenvalue weighted by Crippen LogP contribution is 2.27. The van der Waals surface area contributed by atoms with Gasteiger partial charge in [-0.25, -0.2) is 4.79 Å². The first kappa shape index (κ1) is 21.4. The van der Waals surface area contributed by atoms with E-state index in [9.17, 15) is 14.4 Å². The number of methoxy groups -OCH3 is 1. The molecule has 0 saturated carbocycles. The third-order valence-corrected chi connectivity index (χ3v) is 4.82. The fourth-order valence-electron chi connectivity index (χ4n) is 3.15. The Morgan fingerprint density at radius 2 is 1.77 bits per heavy atom. The highest BCUT2D eigenvalue weighted by molar-refractivity contribution is 6.03. The molecule has 1 aliphatic heterocycles. The summed E-state index contributed by atoms with van der Waals surface area (Å²) in [5, 5.41) is 2.82. The van der Waals surface area contributed by atoms with Crippen LogP contribution in [0.2, 0.25) is 0 Å². The summed E-state index contributed by atoms with van der Waals surface area (Å²) < 4.78 is 10.3. The molecule has 1 unspecified atom stereocenters. The molecule has 0 spiro atoms. The van der Waals surface area contributed by atoms with E-state index in [0.29, 0.717) is 30.2 Å². The lowest BCUT2D eigenvalue weighted by atomic mass is 10.1. The van der Waals surface area contributed by atoms with Gasteiger partial charge in [-0.1, -0.05) is 13.8 Å². The normalized spacial score (nSPS) is 15.9. The molecule has 2 aromatic rings. The van der Waals surface area contributed by atoms with Gasteiger partial charge in [0, 0.05) is 24.3 Å². The summed E-state index contributed by atoms with van der Waals surface area (Å²) in [5.74, 6) is -0.193. The first-order chi connectivity index (χ1) is 14.4. The number of nitrogens with one attached hydrogen (secondary N) is 1. The molecule has 3 rings (SSSR count). The second-order valence-electron chi connectivity index (χ2n) is 7.66. The summed E-state index contributed by atoms with van der Waals surface area (Å²) in [6, 6.07) is 13.7. The van der Waals surface area contributed by atoms with E-state index in [4.69, 9.17) is 9.47 Å². The molecule has 1 saturated heterocycles.